The predicted octanol–water partition coefficient (Wildman–Crippen LogP) is 1.08. The number of nitrogens with zero attached hydrogens (tertiary/aromatic N) is 1. The summed E-state index contributed by atoms with van der Waals surface area (Å²) in [4.78, 5) is 24.5. The second-order valence-electron chi connectivity index (χ2n) is 4.79. The summed E-state index contributed by atoms with van der Waals surface area (Å²) in [5.41, 5.74) is 0. The zero-order chi connectivity index (χ0) is 15.2. The first-order chi connectivity index (χ1) is 9.31. The summed E-state index contributed by atoms with van der Waals surface area (Å²) in [6.45, 7) is -0.861. The van der Waals surface area contributed by atoms with Crippen LogP contribution in [0.15, 0.2) is 0 Å². The number of carbonyl (C=O) groups excluding carboxylic acids is 2. The lowest BCUT2D eigenvalue weighted by Gasteiger charge is -2.34. The van der Waals surface area contributed by atoms with Gasteiger partial charge in [0, 0.05) is 6.04 Å². The van der Waals surface area contributed by atoms with Crippen LogP contribution in [-0.2, 0) is 14.3 Å². The minimum atomic E-state index is -4.41. The van der Waals surface area contributed by atoms with Crippen LogP contribution < -0.4 is 5.32 Å². The molecule has 20 heavy (non-hydrogen) atoms. The number of amides is 1. The van der Waals surface area contributed by atoms with Crippen LogP contribution in [0.1, 0.15) is 25.7 Å². The molecule has 1 N–H and O–H groups in total. The molecule has 1 aliphatic rings. The van der Waals surface area contributed by atoms with Crippen molar-refractivity contribution in [3.05, 3.63) is 0 Å². The molecule has 0 bridgehead atoms. The number of halogens is 3. The van der Waals surface area contributed by atoms with E-state index in [9.17, 15) is 22.8 Å². The van der Waals surface area contributed by atoms with Crippen LogP contribution in [0.3, 0.4) is 0 Å². The lowest BCUT2D eigenvalue weighted by Crippen LogP contribution is -2.47. The number of nitrogens with one attached hydrogen (secondary N) is 1. The highest BCUT2D eigenvalue weighted by Crippen LogP contribution is 2.19. The van der Waals surface area contributed by atoms with Gasteiger partial charge in [-0.15, -0.1) is 0 Å². The Labute approximate surface area is 115 Å². The topological polar surface area (TPSA) is 58.6 Å². The summed E-state index contributed by atoms with van der Waals surface area (Å²) < 4.78 is 40.6. The van der Waals surface area contributed by atoms with Crippen LogP contribution >= 0.6 is 0 Å². The van der Waals surface area contributed by atoms with Gasteiger partial charge < -0.3 is 10.1 Å². The summed E-state index contributed by atoms with van der Waals surface area (Å²) in [6, 6.07) is -0.146. The second-order valence-corrected chi connectivity index (χ2v) is 4.79. The number of hydrogen-bond donors (Lipinski definition) is 1. The lowest BCUT2D eigenvalue weighted by atomic mass is 9.99. The minimum absolute atomic E-state index is 0.127. The highest BCUT2D eigenvalue weighted by atomic mass is 19.4. The number of methoxy groups -OCH3 is 1. The third-order valence-corrected chi connectivity index (χ3v) is 3.21. The van der Waals surface area contributed by atoms with E-state index in [2.05, 4.69) is 4.74 Å². The van der Waals surface area contributed by atoms with Crippen molar-refractivity contribution in [2.45, 2.75) is 37.9 Å². The third kappa shape index (κ3) is 6.23. The first-order valence-electron chi connectivity index (χ1n) is 6.46. The van der Waals surface area contributed by atoms with Gasteiger partial charge in [0.2, 0.25) is 5.91 Å². The quantitative estimate of drug-likeness (QED) is 0.771. The van der Waals surface area contributed by atoms with Crippen LogP contribution in [0.2, 0.25) is 0 Å². The highest BCUT2D eigenvalue weighted by Gasteiger charge is 2.30. The minimum Gasteiger partial charge on any atom is -0.469 e. The summed E-state index contributed by atoms with van der Waals surface area (Å²) in [6.07, 6.45) is -1.72. The van der Waals surface area contributed by atoms with E-state index >= 15 is 0 Å². The molecule has 0 aromatic rings. The van der Waals surface area contributed by atoms with Crippen LogP contribution in [0.25, 0.3) is 0 Å². The van der Waals surface area contributed by atoms with Crippen molar-refractivity contribution < 1.29 is 27.5 Å². The molecule has 0 spiro atoms. The molecule has 8 heteroatoms. The van der Waals surface area contributed by atoms with E-state index < -0.39 is 18.6 Å². The maximum Gasteiger partial charge on any atom is 0.405 e. The fourth-order valence-corrected chi connectivity index (χ4v) is 2.21. The van der Waals surface area contributed by atoms with Crippen LogP contribution in [-0.4, -0.2) is 55.7 Å². The van der Waals surface area contributed by atoms with Gasteiger partial charge in [0.15, 0.2) is 0 Å². The normalized spacial score (nSPS) is 20.5. The number of rotatable bonds is 5. The molecule has 1 heterocycles. The Morgan fingerprint density at radius 3 is 2.65 bits per heavy atom. The van der Waals surface area contributed by atoms with E-state index in [0.717, 1.165) is 19.3 Å². The highest BCUT2D eigenvalue weighted by molar-refractivity contribution is 5.78. The molecular weight excluding hydrogens is 277 g/mol. The predicted molar refractivity (Wildman–Crippen MR) is 64.9 cm³/mol. The molecule has 5 nitrogen and oxygen atoms in total. The Morgan fingerprint density at radius 1 is 1.35 bits per heavy atom. The summed E-state index contributed by atoms with van der Waals surface area (Å²) in [5, 5.41) is 1.84. The first-order valence-corrected chi connectivity index (χ1v) is 6.46. The van der Waals surface area contributed by atoms with Crippen molar-refractivity contribution in [3.63, 3.8) is 0 Å². The van der Waals surface area contributed by atoms with E-state index in [-0.39, 0.29) is 25.0 Å². The number of carbonyl (C=O) groups is 2. The molecule has 1 amide bonds. The molecule has 1 atom stereocenters. The van der Waals surface area contributed by atoms with E-state index in [1.165, 1.54) is 7.11 Å². The van der Waals surface area contributed by atoms with Gasteiger partial charge in [-0.3, -0.25) is 14.5 Å². The number of alkyl halides is 3. The summed E-state index contributed by atoms with van der Waals surface area (Å²) >= 11 is 0. The van der Waals surface area contributed by atoms with Crippen molar-refractivity contribution in [1.82, 2.24) is 10.2 Å². The van der Waals surface area contributed by atoms with Gasteiger partial charge in [-0.25, -0.2) is 0 Å². The van der Waals surface area contributed by atoms with Crippen LogP contribution in [0.5, 0.6) is 0 Å². The number of ether oxygens (including phenoxy) is 1. The molecule has 0 aromatic heterocycles. The van der Waals surface area contributed by atoms with Gasteiger partial charge in [-0.2, -0.15) is 13.2 Å². The standard InChI is InChI=1S/C12H19F3N2O3/c1-20-11(19)6-9-4-2-3-5-17(9)7-10(18)16-8-12(13,14)15/h9H,2-8H2,1H3,(H,16,18). The number of likely N-dealkylation sites (tertiary alicyclic amines) is 1. The Morgan fingerprint density at radius 2 is 2.05 bits per heavy atom. The lowest BCUT2D eigenvalue weighted by molar-refractivity contribution is -0.143. The van der Waals surface area contributed by atoms with Gasteiger partial charge in [-0.05, 0) is 19.4 Å². The van der Waals surface area contributed by atoms with Crippen LogP contribution in [0, 0.1) is 0 Å². The zero-order valence-corrected chi connectivity index (χ0v) is 11.3. The second kappa shape index (κ2) is 7.47. The molecule has 1 unspecified atom stereocenters. The van der Waals surface area contributed by atoms with Crippen molar-refractivity contribution in [3.8, 4) is 0 Å². The fraction of sp³-hybridized carbons (Fsp3) is 0.833. The SMILES string of the molecule is COC(=O)CC1CCCCN1CC(=O)NCC(F)(F)F. The molecule has 1 rings (SSSR count). The van der Waals surface area contributed by atoms with Crippen molar-refractivity contribution in [2.24, 2.45) is 0 Å². The maximum atomic E-state index is 12.0. The number of esters is 1. The Hall–Kier alpha value is -1.31. The van der Waals surface area contributed by atoms with E-state index in [4.69, 9.17) is 0 Å². The molecular formula is C12H19F3N2O3. The summed E-state index contributed by atoms with van der Waals surface area (Å²) in [5.74, 6) is -1.06. The fourth-order valence-electron chi connectivity index (χ4n) is 2.21. The molecule has 0 aromatic carbocycles. The maximum absolute atomic E-state index is 12.0. The van der Waals surface area contributed by atoms with E-state index in [0.29, 0.717) is 6.54 Å². The van der Waals surface area contributed by atoms with Gasteiger partial charge in [0.05, 0.1) is 20.1 Å². The average Bonchev–Trinajstić information content (AvgIpc) is 2.38. The van der Waals surface area contributed by atoms with Gasteiger partial charge in [0.1, 0.15) is 6.54 Å². The average molecular weight is 296 g/mol. The monoisotopic (exact) mass is 296 g/mol. The Kier molecular flexibility index (Phi) is 6.25. The number of piperidine rings is 1. The van der Waals surface area contributed by atoms with Crippen molar-refractivity contribution in [2.75, 3.05) is 26.7 Å². The van der Waals surface area contributed by atoms with Gasteiger partial charge in [-0.1, -0.05) is 6.42 Å². The molecule has 1 aliphatic heterocycles. The Balaban J connectivity index is 2.45. The molecule has 0 aliphatic carbocycles. The van der Waals surface area contributed by atoms with Crippen molar-refractivity contribution in [1.29, 1.82) is 0 Å². The molecule has 1 fully saturated rings. The third-order valence-electron chi connectivity index (χ3n) is 3.21. The summed E-state index contributed by atoms with van der Waals surface area (Å²) in [7, 11) is 1.28. The molecule has 0 radical (unpaired) electrons. The zero-order valence-electron chi connectivity index (χ0n) is 11.3. The smallest absolute Gasteiger partial charge is 0.405 e. The Bertz CT molecular complexity index is 347. The van der Waals surface area contributed by atoms with Gasteiger partial charge in [0.25, 0.3) is 0 Å². The van der Waals surface area contributed by atoms with Crippen LogP contribution in [0.4, 0.5) is 13.2 Å². The molecule has 1 saturated heterocycles. The molecule has 116 valence electrons. The van der Waals surface area contributed by atoms with Gasteiger partial charge >= 0.3 is 12.1 Å². The molecule has 0 saturated carbocycles. The van der Waals surface area contributed by atoms with Crippen molar-refractivity contribution >= 4 is 11.9 Å². The van der Waals surface area contributed by atoms with E-state index in [1.807, 2.05) is 5.32 Å². The van der Waals surface area contributed by atoms with E-state index in [1.54, 1.807) is 4.90 Å². The largest absolute Gasteiger partial charge is 0.469 e. The first kappa shape index (κ1) is 16.7. The number of hydrogen-bond acceptors (Lipinski definition) is 4.